The molecule has 0 radical (unpaired) electrons. The molecule has 3 aliphatic heterocycles. The first-order valence-corrected chi connectivity index (χ1v) is 19.4. The maximum Gasteiger partial charge on any atom is 0.261 e. The van der Waals surface area contributed by atoms with Gasteiger partial charge in [0.2, 0.25) is 9.84 Å². The molecule has 0 spiro atoms. The molecule has 4 aromatic rings. The van der Waals surface area contributed by atoms with Crippen molar-refractivity contribution in [2.24, 2.45) is 0 Å². The molecular formula is C40H42N2O6S. The maximum absolute atomic E-state index is 14.5. The van der Waals surface area contributed by atoms with E-state index in [-0.39, 0.29) is 9.79 Å². The summed E-state index contributed by atoms with van der Waals surface area (Å²) in [5, 5.41) is 1.31. The molecule has 0 atom stereocenters. The zero-order chi connectivity index (χ0) is 34.4. The number of hydrogen-bond acceptors (Lipinski definition) is 6. The first-order valence-electron chi connectivity index (χ1n) is 17.9. The Labute approximate surface area is 287 Å². The van der Waals surface area contributed by atoms with Crippen molar-refractivity contribution in [3.8, 4) is 11.1 Å². The van der Waals surface area contributed by atoms with E-state index in [1.807, 2.05) is 0 Å². The van der Waals surface area contributed by atoms with Crippen LogP contribution in [0.3, 0.4) is 0 Å². The van der Waals surface area contributed by atoms with Gasteiger partial charge in [0.25, 0.3) is 23.6 Å². The fourth-order valence-electron chi connectivity index (χ4n) is 7.93. The fourth-order valence-corrected chi connectivity index (χ4v) is 9.62. The summed E-state index contributed by atoms with van der Waals surface area (Å²) in [6.07, 6.45) is 12.2. The van der Waals surface area contributed by atoms with Crippen molar-refractivity contribution < 1.29 is 27.6 Å². The highest BCUT2D eigenvalue weighted by Crippen LogP contribution is 2.49. The Kier molecular flexibility index (Phi) is 8.90. The Morgan fingerprint density at radius 2 is 0.714 bits per heavy atom. The van der Waals surface area contributed by atoms with Crippen LogP contribution in [0.25, 0.3) is 32.7 Å². The third-order valence-corrected chi connectivity index (χ3v) is 12.3. The molecule has 8 nitrogen and oxygen atoms in total. The van der Waals surface area contributed by atoms with Gasteiger partial charge in [-0.25, -0.2) is 8.42 Å². The van der Waals surface area contributed by atoms with Gasteiger partial charge in [0, 0.05) is 56.9 Å². The summed E-state index contributed by atoms with van der Waals surface area (Å²) in [5.41, 5.74) is 2.28. The zero-order valence-corrected chi connectivity index (χ0v) is 29.1. The van der Waals surface area contributed by atoms with E-state index in [2.05, 4.69) is 13.8 Å². The molecule has 3 aliphatic rings. The third-order valence-electron chi connectivity index (χ3n) is 10.5. The number of nitrogens with zero attached hydrogens (tertiary/aromatic N) is 2. The SMILES string of the molecule is CCCCCCCCN1C(=O)c2ccc3c4c(ccc(c24)C1=O)S(=O)(=O)c1ccc2c4c(ccc-3c14)C(=O)N(CCCCCCCC)C2=O. The van der Waals surface area contributed by atoms with Gasteiger partial charge < -0.3 is 0 Å². The summed E-state index contributed by atoms with van der Waals surface area (Å²) in [6.45, 7) is 4.93. The van der Waals surface area contributed by atoms with E-state index >= 15 is 0 Å². The maximum atomic E-state index is 14.5. The molecule has 0 N–H and O–H groups in total. The van der Waals surface area contributed by atoms with Crippen LogP contribution in [-0.4, -0.2) is 54.9 Å². The molecule has 0 fully saturated rings. The smallest absolute Gasteiger partial charge is 0.261 e. The van der Waals surface area contributed by atoms with Gasteiger partial charge in [-0.05, 0) is 60.4 Å². The van der Waals surface area contributed by atoms with Crippen molar-refractivity contribution in [2.45, 2.75) is 101 Å². The average molecular weight is 679 g/mol. The Morgan fingerprint density at radius 3 is 1.08 bits per heavy atom. The van der Waals surface area contributed by atoms with Gasteiger partial charge in [-0.2, -0.15) is 0 Å². The zero-order valence-electron chi connectivity index (χ0n) is 28.3. The molecule has 9 heteroatoms. The largest absolute Gasteiger partial charge is 0.274 e. The standard InChI is InChI=1S/C40H42N2O6S/c1-3-5-7-9-11-13-23-41-37(43)27-17-15-25-26-16-18-28-34-30(40(46)42(38(28)44)24-14-12-10-8-6-4-2)20-22-32(36(26)34)49(47,48)31-21-19-29(39(41)45)33(27)35(25)31/h15-22H,3-14,23-24H2,1-2H3. The molecule has 254 valence electrons. The Morgan fingerprint density at radius 1 is 0.408 bits per heavy atom. The van der Waals surface area contributed by atoms with Crippen LogP contribution in [0, 0.1) is 0 Å². The minimum Gasteiger partial charge on any atom is -0.274 e. The summed E-state index contributed by atoms with van der Waals surface area (Å²) in [4.78, 5) is 57.9. The van der Waals surface area contributed by atoms with E-state index in [9.17, 15) is 27.6 Å². The molecule has 4 aromatic carbocycles. The monoisotopic (exact) mass is 678 g/mol. The van der Waals surface area contributed by atoms with Gasteiger partial charge in [0.05, 0.1) is 9.79 Å². The minimum absolute atomic E-state index is 0.000661. The van der Waals surface area contributed by atoms with Crippen LogP contribution in [0.1, 0.15) is 132 Å². The Hall–Kier alpha value is -4.37. The number of rotatable bonds is 14. The minimum atomic E-state index is -4.21. The normalized spacial score (nSPS) is 15.9. The number of carbonyl (C=O) groups is 4. The lowest BCUT2D eigenvalue weighted by atomic mass is 9.85. The van der Waals surface area contributed by atoms with E-state index in [0.29, 0.717) is 80.9 Å². The Balaban J connectivity index is 1.31. The van der Waals surface area contributed by atoms with E-state index < -0.39 is 33.5 Å². The van der Waals surface area contributed by atoms with Crippen molar-refractivity contribution in [1.29, 1.82) is 0 Å². The summed E-state index contributed by atoms with van der Waals surface area (Å²) in [5.74, 6) is -1.69. The number of imide groups is 2. The van der Waals surface area contributed by atoms with Gasteiger partial charge in [-0.3, -0.25) is 29.0 Å². The number of carbonyl (C=O) groups excluding carboxylic acids is 4. The molecule has 0 saturated heterocycles. The van der Waals surface area contributed by atoms with Gasteiger partial charge in [0.1, 0.15) is 0 Å². The molecule has 7 rings (SSSR count). The molecule has 0 aromatic heterocycles. The highest BCUT2D eigenvalue weighted by molar-refractivity contribution is 7.92. The van der Waals surface area contributed by atoms with Crippen LogP contribution in [-0.2, 0) is 9.84 Å². The number of unbranched alkanes of at least 4 members (excludes halogenated alkanes) is 10. The third kappa shape index (κ3) is 5.28. The first kappa shape index (κ1) is 33.1. The molecule has 0 unspecified atom stereocenters. The number of fused-ring (bicyclic) bond motifs is 1. The summed E-state index contributed by atoms with van der Waals surface area (Å²) < 4.78 is 29.1. The van der Waals surface area contributed by atoms with Crippen LogP contribution in [0.2, 0.25) is 0 Å². The highest BCUT2D eigenvalue weighted by Gasteiger charge is 2.40. The lowest BCUT2D eigenvalue weighted by Crippen LogP contribution is -2.41. The van der Waals surface area contributed by atoms with Gasteiger partial charge in [0.15, 0.2) is 0 Å². The molecule has 4 amide bonds. The summed E-state index contributed by atoms with van der Waals surface area (Å²) >= 11 is 0. The molecule has 49 heavy (non-hydrogen) atoms. The second kappa shape index (κ2) is 13.2. The topological polar surface area (TPSA) is 109 Å². The van der Waals surface area contributed by atoms with E-state index in [1.165, 1.54) is 34.1 Å². The molecular weight excluding hydrogens is 637 g/mol. The predicted molar refractivity (Wildman–Crippen MR) is 190 cm³/mol. The van der Waals surface area contributed by atoms with Gasteiger partial charge in [-0.15, -0.1) is 0 Å². The van der Waals surface area contributed by atoms with Crippen molar-refractivity contribution in [3.63, 3.8) is 0 Å². The fraction of sp³-hybridized carbons (Fsp3) is 0.400. The highest BCUT2D eigenvalue weighted by atomic mass is 32.2. The van der Waals surface area contributed by atoms with Crippen LogP contribution in [0.4, 0.5) is 0 Å². The number of benzene rings is 4. The van der Waals surface area contributed by atoms with Crippen LogP contribution < -0.4 is 0 Å². The van der Waals surface area contributed by atoms with Crippen molar-refractivity contribution in [2.75, 3.05) is 13.1 Å². The molecule has 3 heterocycles. The number of hydrogen-bond donors (Lipinski definition) is 0. The van der Waals surface area contributed by atoms with Crippen molar-refractivity contribution in [3.05, 3.63) is 70.8 Å². The van der Waals surface area contributed by atoms with E-state index in [1.54, 1.807) is 24.3 Å². The van der Waals surface area contributed by atoms with Crippen molar-refractivity contribution >= 4 is 55.0 Å². The Bertz CT molecular complexity index is 1980. The summed E-state index contributed by atoms with van der Waals surface area (Å²) in [7, 11) is -4.21. The van der Waals surface area contributed by atoms with E-state index in [0.717, 1.165) is 64.2 Å². The quantitative estimate of drug-likeness (QED) is 0.0859. The summed E-state index contributed by atoms with van der Waals surface area (Å²) in [6, 6.07) is 12.8. The van der Waals surface area contributed by atoms with Crippen LogP contribution in [0.15, 0.2) is 58.3 Å². The van der Waals surface area contributed by atoms with Crippen LogP contribution in [0.5, 0.6) is 0 Å². The first-order chi connectivity index (χ1) is 23.7. The second-order valence-electron chi connectivity index (χ2n) is 13.6. The molecule has 0 saturated carbocycles. The van der Waals surface area contributed by atoms with Crippen molar-refractivity contribution in [1.82, 2.24) is 9.80 Å². The number of sulfone groups is 1. The average Bonchev–Trinajstić information content (AvgIpc) is 3.18. The molecule has 0 bridgehead atoms. The lowest BCUT2D eigenvalue weighted by Gasteiger charge is -2.29. The number of amides is 4. The lowest BCUT2D eigenvalue weighted by molar-refractivity contribution is 0.0592. The van der Waals surface area contributed by atoms with E-state index in [4.69, 9.17) is 0 Å². The molecule has 0 aliphatic carbocycles. The van der Waals surface area contributed by atoms with Crippen LogP contribution >= 0.6 is 0 Å². The predicted octanol–water partition coefficient (Wildman–Crippen LogP) is 8.72. The second-order valence-corrected chi connectivity index (χ2v) is 15.5. The van der Waals surface area contributed by atoms with Gasteiger partial charge >= 0.3 is 0 Å². The van der Waals surface area contributed by atoms with Gasteiger partial charge in [-0.1, -0.05) is 90.2 Å².